The summed E-state index contributed by atoms with van der Waals surface area (Å²) in [5.41, 5.74) is 16.6. The highest BCUT2D eigenvalue weighted by Crippen LogP contribution is 2.55. The summed E-state index contributed by atoms with van der Waals surface area (Å²) in [5.74, 6) is 0. The Labute approximate surface area is 426 Å². The van der Waals surface area contributed by atoms with Crippen molar-refractivity contribution < 1.29 is 0 Å². The Balaban J connectivity index is 0.00000129. The zero-order valence-electron chi connectivity index (χ0n) is 40.6. The average molecular weight is 941 g/mol. The topological polar surface area (TPSA) is 9.86 Å². The van der Waals surface area contributed by atoms with Gasteiger partial charge < -0.3 is 9.13 Å². The van der Waals surface area contributed by atoms with E-state index in [2.05, 4.69) is 277 Å². The standard InChI is InChI=1S/C66H42N2.C2H6.CH4S/c1-5-21-43(22-6-1)61-62(44-23-7-2-8-24-44)64(46-27-11-4-12-28-46)66-56-42-48(68-59-35-19-15-31-53(59)54-32-16-20-36-60(54)68)38-40-50(56)49-39-37-47(41-55(49)65(66)63(61)45-25-9-3-10-26-45)67-57-33-17-13-29-51(57)52-30-14-18-34-58(52)67;2*1-2/h1-42H;1-2H3;2H,1H3. The molecular weight excluding hydrogens is 889 g/mol. The molecule has 2 heterocycles. The zero-order chi connectivity index (χ0) is 48.7. The first-order valence-electron chi connectivity index (χ1n) is 25.0. The van der Waals surface area contributed by atoms with Gasteiger partial charge in [-0.15, -0.1) is 0 Å². The fourth-order valence-corrected chi connectivity index (χ4v) is 11.5. The van der Waals surface area contributed by atoms with E-state index in [0.717, 1.165) is 11.4 Å². The molecule has 0 aliphatic heterocycles. The molecule has 2 nitrogen and oxygen atoms in total. The summed E-state index contributed by atoms with van der Waals surface area (Å²) in [6, 6.07) is 94.1. The summed E-state index contributed by atoms with van der Waals surface area (Å²) in [6.45, 7) is 4.00. The van der Waals surface area contributed by atoms with Crippen LogP contribution in [0.15, 0.2) is 255 Å². The number of rotatable bonds is 6. The van der Waals surface area contributed by atoms with Gasteiger partial charge in [0.1, 0.15) is 0 Å². The van der Waals surface area contributed by atoms with Gasteiger partial charge >= 0.3 is 0 Å². The molecular formula is C69H52N2S. The van der Waals surface area contributed by atoms with E-state index in [4.69, 9.17) is 0 Å². The van der Waals surface area contributed by atoms with Gasteiger partial charge in [0.15, 0.2) is 0 Å². The highest BCUT2D eigenvalue weighted by molar-refractivity contribution is 7.79. The van der Waals surface area contributed by atoms with Crippen LogP contribution in [0.3, 0.4) is 0 Å². The lowest BCUT2D eigenvalue weighted by Crippen LogP contribution is -2.01. The van der Waals surface area contributed by atoms with Gasteiger partial charge in [-0.3, -0.25) is 0 Å². The Hall–Kier alpha value is -8.63. The molecule has 0 fully saturated rings. The predicted octanol–water partition coefficient (Wildman–Crippen LogP) is 19.6. The second kappa shape index (κ2) is 18.9. The molecule has 0 radical (unpaired) electrons. The smallest absolute Gasteiger partial charge is 0.0541 e. The van der Waals surface area contributed by atoms with Crippen LogP contribution in [-0.2, 0) is 0 Å². The van der Waals surface area contributed by atoms with Gasteiger partial charge in [-0.25, -0.2) is 0 Å². The first-order chi connectivity index (χ1) is 35.8. The second-order valence-corrected chi connectivity index (χ2v) is 17.9. The van der Waals surface area contributed by atoms with Crippen molar-refractivity contribution in [3.05, 3.63) is 255 Å². The zero-order valence-corrected chi connectivity index (χ0v) is 41.5. The summed E-state index contributed by atoms with van der Waals surface area (Å²) in [5, 5.41) is 12.3. The van der Waals surface area contributed by atoms with E-state index in [0.29, 0.717) is 0 Å². The highest BCUT2D eigenvalue weighted by atomic mass is 32.1. The number of thiol groups is 1. The average Bonchev–Trinajstić information content (AvgIpc) is 4.00. The molecule has 0 N–H and O–H groups in total. The minimum Gasteiger partial charge on any atom is -0.309 e. The van der Waals surface area contributed by atoms with Gasteiger partial charge in [0.2, 0.25) is 0 Å². The molecule has 0 aliphatic rings. The molecule has 14 aromatic rings. The largest absolute Gasteiger partial charge is 0.309 e. The van der Waals surface area contributed by atoms with Crippen molar-refractivity contribution in [1.82, 2.24) is 9.13 Å². The molecule has 2 aromatic heterocycles. The number of fused-ring (bicyclic) bond motifs is 12. The van der Waals surface area contributed by atoms with Crippen molar-refractivity contribution in [3.63, 3.8) is 0 Å². The molecule has 0 saturated carbocycles. The SMILES string of the molecule is CC.CS.c1ccc(-c2c(-c3ccccc3)c(-c3ccccc3)c3c4cc(-n5c6ccccc6c6ccccc65)ccc4c4ccc(-n5c6ccccc6c6ccccc65)cc4c3c2-c2ccccc2)cc1. The molecule has 0 atom stereocenters. The molecule has 0 saturated heterocycles. The molecule has 344 valence electrons. The van der Waals surface area contributed by atoms with E-state index in [9.17, 15) is 0 Å². The van der Waals surface area contributed by atoms with Crippen LogP contribution in [0.1, 0.15) is 13.8 Å². The number of benzene rings is 12. The summed E-state index contributed by atoms with van der Waals surface area (Å²) >= 11 is 3.53. The van der Waals surface area contributed by atoms with E-state index in [-0.39, 0.29) is 0 Å². The third kappa shape index (κ3) is 7.11. The van der Waals surface area contributed by atoms with Crippen LogP contribution in [0.4, 0.5) is 0 Å². The van der Waals surface area contributed by atoms with Crippen molar-refractivity contribution in [1.29, 1.82) is 0 Å². The number of hydrogen-bond acceptors (Lipinski definition) is 1. The lowest BCUT2D eigenvalue weighted by Gasteiger charge is -2.27. The van der Waals surface area contributed by atoms with E-state index < -0.39 is 0 Å². The quantitative estimate of drug-likeness (QED) is 0.126. The van der Waals surface area contributed by atoms with Gasteiger partial charge in [0, 0.05) is 32.9 Å². The van der Waals surface area contributed by atoms with E-state index >= 15 is 0 Å². The van der Waals surface area contributed by atoms with Crippen LogP contribution in [-0.4, -0.2) is 15.4 Å². The maximum atomic E-state index is 3.53. The van der Waals surface area contributed by atoms with Gasteiger partial charge in [-0.1, -0.05) is 220 Å². The van der Waals surface area contributed by atoms with Crippen molar-refractivity contribution in [2.75, 3.05) is 6.26 Å². The normalized spacial score (nSPS) is 11.3. The lowest BCUT2D eigenvalue weighted by molar-refractivity contribution is 1.18. The molecule has 0 unspecified atom stereocenters. The van der Waals surface area contributed by atoms with Crippen molar-refractivity contribution in [3.8, 4) is 55.9 Å². The molecule has 72 heavy (non-hydrogen) atoms. The van der Waals surface area contributed by atoms with Crippen LogP contribution in [0.5, 0.6) is 0 Å². The molecule has 0 amide bonds. The Morgan fingerprint density at radius 1 is 0.236 bits per heavy atom. The Bertz CT molecular complexity index is 3900. The number of hydrogen-bond donors (Lipinski definition) is 1. The molecule has 3 heteroatoms. The molecule has 0 aliphatic carbocycles. The maximum Gasteiger partial charge on any atom is 0.0541 e. The van der Waals surface area contributed by atoms with Crippen LogP contribution in [0.25, 0.3) is 132 Å². The Morgan fingerprint density at radius 2 is 0.486 bits per heavy atom. The van der Waals surface area contributed by atoms with Crippen LogP contribution in [0.2, 0.25) is 0 Å². The molecule has 14 rings (SSSR count). The van der Waals surface area contributed by atoms with Gasteiger partial charge in [-0.05, 0) is 132 Å². The van der Waals surface area contributed by atoms with Crippen LogP contribution in [0, 0.1) is 0 Å². The van der Waals surface area contributed by atoms with E-state index in [1.165, 1.54) is 120 Å². The minimum absolute atomic E-state index is 1.13. The maximum absolute atomic E-state index is 3.53. The van der Waals surface area contributed by atoms with E-state index in [1.54, 1.807) is 6.26 Å². The van der Waals surface area contributed by atoms with Crippen molar-refractivity contribution in [2.45, 2.75) is 13.8 Å². The highest BCUT2D eigenvalue weighted by Gasteiger charge is 2.28. The summed E-state index contributed by atoms with van der Waals surface area (Å²) in [7, 11) is 0. The summed E-state index contributed by atoms with van der Waals surface area (Å²) in [4.78, 5) is 0. The second-order valence-electron chi connectivity index (χ2n) is 17.9. The Kier molecular flexibility index (Phi) is 11.7. The van der Waals surface area contributed by atoms with Gasteiger partial charge in [0.25, 0.3) is 0 Å². The third-order valence-electron chi connectivity index (χ3n) is 14.3. The fraction of sp³-hybridized carbons (Fsp3) is 0.0435. The summed E-state index contributed by atoms with van der Waals surface area (Å²) < 4.78 is 4.92. The molecule has 0 bridgehead atoms. The van der Waals surface area contributed by atoms with Crippen LogP contribution >= 0.6 is 12.6 Å². The van der Waals surface area contributed by atoms with Crippen LogP contribution < -0.4 is 0 Å². The summed E-state index contributed by atoms with van der Waals surface area (Å²) in [6.07, 6.45) is 1.69. The monoisotopic (exact) mass is 940 g/mol. The molecule has 12 aromatic carbocycles. The fourth-order valence-electron chi connectivity index (χ4n) is 11.5. The number of nitrogens with zero attached hydrogens (tertiary/aromatic N) is 2. The predicted molar refractivity (Wildman–Crippen MR) is 316 cm³/mol. The first-order valence-corrected chi connectivity index (χ1v) is 25.9. The number of aromatic nitrogens is 2. The number of para-hydroxylation sites is 4. The first kappa shape index (κ1) is 44.6. The van der Waals surface area contributed by atoms with Gasteiger partial charge in [-0.2, -0.15) is 12.6 Å². The Morgan fingerprint density at radius 3 is 0.778 bits per heavy atom. The third-order valence-corrected chi connectivity index (χ3v) is 14.3. The van der Waals surface area contributed by atoms with Crippen molar-refractivity contribution in [2.24, 2.45) is 0 Å². The van der Waals surface area contributed by atoms with E-state index in [1.807, 2.05) is 13.8 Å². The lowest BCUT2D eigenvalue weighted by atomic mass is 9.76. The van der Waals surface area contributed by atoms with Crippen molar-refractivity contribution >= 4 is 88.6 Å². The molecule has 0 spiro atoms. The minimum atomic E-state index is 1.13. The van der Waals surface area contributed by atoms with Gasteiger partial charge in [0.05, 0.1) is 22.1 Å².